The highest BCUT2D eigenvalue weighted by molar-refractivity contribution is 5.83. The molecule has 1 aromatic heterocycles. The fourth-order valence-electron chi connectivity index (χ4n) is 1.79. The lowest BCUT2D eigenvalue weighted by atomic mass is 10.2. The van der Waals surface area contributed by atoms with E-state index >= 15 is 0 Å². The average molecular weight is 229 g/mol. The molecule has 2 rings (SSSR count). The van der Waals surface area contributed by atoms with Crippen molar-refractivity contribution in [3.8, 4) is 6.07 Å². The number of fused-ring (bicyclic) bond motifs is 1. The number of nitriles is 1. The lowest BCUT2D eigenvalue weighted by Gasteiger charge is -2.11. The Bertz CT molecular complexity index is 576. The van der Waals surface area contributed by atoms with Gasteiger partial charge in [-0.15, -0.1) is 0 Å². The molecule has 88 valence electrons. The maximum Gasteiger partial charge on any atom is 0.201 e. The third-order valence-electron chi connectivity index (χ3n) is 2.70. The molecule has 2 aromatic rings. The maximum absolute atomic E-state index is 9.01. The lowest BCUT2D eigenvalue weighted by molar-refractivity contribution is 0.387. The fourth-order valence-corrected chi connectivity index (χ4v) is 1.79. The zero-order chi connectivity index (χ0) is 12.4. The lowest BCUT2D eigenvalue weighted by Crippen LogP contribution is -2.19. The van der Waals surface area contributed by atoms with Gasteiger partial charge in [0.25, 0.3) is 0 Å². The van der Waals surface area contributed by atoms with Crippen molar-refractivity contribution in [2.45, 2.75) is 6.54 Å². The van der Waals surface area contributed by atoms with Crippen LogP contribution >= 0.6 is 0 Å². The summed E-state index contributed by atoms with van der Waals surface area (Å²) in [6.45, 7) is 1.65. The van der Waals surface area contributed by atoms with Gasteiger partial charge in [-0.25, -0.2) is 4.98 Å². The van der Waals surface area contributed by atoms with Crippen LogP contribution in [0.5, 0.6) is 0 Å². The van der Waals surface area contributed by atoms with Gasteiger partial charge in [0.05, 0.1) is 11.1 Å². The SMILES string of the molecule is CN(C)CCn1c(N)nc2c(C#N)cccc21. The Morgan fingerprint density at radius 1 is 1.47 bits per heavy atom. The van der Waals surface area contributed by atoms with Gasteiger partial charge in [-0.3, -0.25) is 0 Å². The summed E-state index contributed by atoms with van der Waals surface area (Å²) in [5.74, 6) is 0.463. The van der Waals surface area contributed by atoms with Crippen LogP contribution in [0.1, 0.15) is 5.56 Å². The molecule has 17 heavy (non-hydrogen) atoms. The summed E-state index contributed by atoms with van der Waals surface area (Å²) in [6.07, 6.45) is 0. The van der Waals surface area contributed by atoms with Crippen LogP contribution in [0, 0.1) is 11.3 Å². The van der Waals surface area contributed by atoms with Gasteiger partial charge in [0.15, 0.2) is 0 Å². The molecule has 0 saturated heterocycles. The number of nitrogen functional groups attached to an aromatic ring is 1. The Kier molecular flexibility index (Phi) is 2.98. The Morgan fingerprint density at radius 2 is 2.24 bits per heavy atom. The predicted molar refractivity (Wildman–Crippen MR) is 67.4 cm³/mol. The predicted octanol–water partition coefficient (Wildman–Crippen LogP) is 1.05. The van der Waals surface area contributed by atoms with Gasteiger partial charge >= 0.3 is 0 Å². The number of benzene rings is 1. The van der Waals surface area contributed by atoms with E-state index in [0.29, 0.717) is 17.0 Å². The molecule has 0 unspecified atom stereocenters. The van der Waals surface area contributed by atoms with Gasteiger partial charge in [0, 0.05) is 13.1 Å². The molecule has 5 heteroatoms. The maximum atomic E-state index is 9.01. The molecule has 2 N–H and O–H groups in total. The van der Waals surface area contributed by atoms with E-state index in [-0.39, 0.29) is 0 Å². The molecule has 0 atom stereocenters. The van der Waals surface area contributed by atoms with Gasteiger partial charge in [0.1, 0.15) is 11.6 Å². The molecule has 0 amide bonds. The first-order valence-electron chi connectivity index (χ1n) is 5.43. The molecule has 0 bridgehead atoms. The number of anilines is 1. The molecule has 5 nitrogen and oxygen atoms in total. The summed E-state index contributed by atoms with van der Waals surface area (Å²) in [7, 11) is 4.02. The van der Waals surface area contributed by atoms with E-state index in [4.69, 9.17) is 11.0 Å². The van der Waals surface area contributed by atoms with Crippen LogP contribution < -0.4 is 5.73 Å². The van der Waals surface area contributed by atoms with E-state index in [1.54, 1.807) is 6.07 Å². The Morgan fingerprint density at radius 3 is 2.88 bits per heavy atom. The summed E-state index contributed by atoms with van der Waals surface area (Å²) in [6, 6.07) is 7.68. The van der Waals surface area contributed by atoms with Gasteiger partial charge in [-0.1, -0.05) is 6.07 Å². The molecule has 0 saturated carbocycles. The number of para-hydroxylation sites is 1. The molecule has 0 aliphatic rings. The van der Waals surface area contributed by atoms with Crippen LogP contribution in [0.25, 0.3) is 11.0 Å². The summed E-state index contributed by atoms with van der Waals surface area (Å²) in [5, 5.41) is 9.01. The minimum Gasteiger partial charge on any atom is -0.369 e. The topological polar surface area (TPSA) is 70.9 Å². The number of rotatable bonds is 3. The molecule has 0 radical (unpaired) electrons. The van der Waals surface area contributed by atoms with E-state index in [0.717, 1.165) is 18.6 Å². The van der Waals surface area contributed by atoms with E-state index in [9.17, 15) is 0 Å². The third kappa shape index (κ3) is 2.08. The van der Waals surface area contributed by atoms with Crippen molar-refractivity contribution in [1.29, 1.82) is 5.26 Å². The van der Waals surface area contributed by atoms with Crippen molar-refractivity contribution in [3.05, 3.63) is 23.8 Å². The first kappa shape index (κ1) is 11.4. The molecule has 0 aliphatic heterocycles. The number of nitrogens with zero attached hydrogens (tertiary/aromatic N) is 4. The van der Waals surface area contributed by atoms with E-state index in [2.05, 4.69) is 16.0 Å². The van der Waals surface area contributed by atoms with E-state index in [1.165, 1.54) is 0 Å². The second-order valence-electron chi connectivity index (χ2n) is 4.21. The Balaban J connectivity index is 2.49. The number of likely N-dealkylation sites (N-methyl/N-ethyl adjacent to an activating group) is 1. The van der Waals surface area contributed by atoms with Crippen LogP contribution in [0.4, 0.5) is 5.95 Å². The van der Waals surface area contributed by atoms with Gasteiger partial charge < -0.3 is 15.2 Å². The van der Waals surface area contributed by atoms with Crippen molar-refractivity contribution < 1.29 is 0 Å². The van der Waals surface area contributed by atoms with Crippen molar-refractivity contribution >= 4 is 17.0 Å². The molecule has 0 spiro atoms. The largest absolute Gasteiger partial charge is 0.369 e. The quantitative estimate of drug-likeness (QED) is 0.854. The van der Waals surface area contributed by atoms with Crippen molar-refractivity contribution in [2.75, 3.05) is 26.4 Å². The van der Waals surface area contributed by atoms with Gasteiger partial charge in [-0.05, 0) is 26.2 Å². The van der Waals surface area contributed by atoms with Crippen LogP contribution in [-0.2, 0) is 6.54 Å². The van der Waals surface area contributed by atoms with Crippen LogP contribution in [0.15, 0.2) is 18.2 Å². The Labute approximate surface area is 100 Å². The van der Waals surface area contributed by atoms with Crippen molar-refractivity contribution in [1.82, 2.24) is 14.5 Å². The van der Waals surface area contributed by atoms with E-state index in [1.807, 2.05) is 30.8 Å². The monoisotopic (exact) mass is 229 g/mol. The smallest absolute Gasteiger partial charge is 0.201 e. The summed E-state index contributed by atoms with van der Waals surface area (Å²) in [4.78, 5) is 6.34. The molecular formula is C12H15N5. The fraction of sp³-hybridized carbons (Fsp3) is 0.333. The third-order valence-corrected chi connectivity index (χ3v) is 2.70. The van der Waals surface area contributed by atoms with Crippen LogP contribution in [0.3, 0.4) is 0 Å². The summed E-state index contributed by atoms with van der Waals surface area (Å²) < 4.78 is 1.94. The van der Waals surface area contributed by atoms with Crippen molar-refractivity contribution in [2.24, 2.45) is 0 Å². The van der Waals surface area contributed by atoms with Crippen LogP contribution in [-0.4, -0.2) is 35.1 Å². The number of hydrogen-bond donors (Lipinski definition) is 1. The zero-order valence-electron chi connectivity index (χ0n) is 10.0. The molecule has 0 aliphatic carbocycles. The van der Waals surface area contributed by atoms with Gasteiger partial charge in [-0.2, -0.15) is 5.26 Å². The average Bonchev–Trinajstić information content (AvgIpc) is 2.62. The summed E-state index contributed by atoms with van der Waals surface area (Å²) in [5.41, 5.74) is 8.06. The minimum atomic E-state index is 0.463. The summed E-state index contributed by atoms with van der Waals surface area (Å²) >= 11 is 0. The number of imidazole rings is 1. The van der Waals surface area contributed by atoms with Gasteiger partial charge in [0.2, 0.25) is 5.95 Å². The number of aromatic nitrogens is 2. The Hall–Kier alpha value is -2.06. The molecule has 1 heterocycles. The standard InChI is InChI=1S/C12H15N5/c1-16(2)6-7-17-10-5-3-4-9(8-13)11(10)15-12(17)14/h3-5H,6-7H2,1-2H3,(H2,14,15). The number of hydrogen-bond acceptors (Lipinski definition) is 4. The molecular weight excluding hydrogens is 214 g/mol. The second-order valence-corrected chi connectivity index (χ2v) is 4.21. The second kappa shape index (κ2) is 4.44. The van der Waals surface area contributed by atoms with Crippen molar-refractivity contribution in [3.63, 3.8) is 0 Å². The first-order chi connectivity index (χ1) is 8.13. The highest BCUT2D eigenvalue weighted by Crippen LogP contribution is 2.20. The minimum absolute atomic E-state index is 0.463. The highest BCUT2D eigenvalue weighted by Gasteiger charge is 2.10. The van der Waals surface area contributed by atoms with E-state index < -0.39 is 0 Å². The molecule has 1 aromatic carbocycles. The normalized spacial score (nSPS) is 10.9. The highest BCUT2D eigenvalue weighted by atomic mass is 15.2. The first-order valence-corrected chi connectivity index (χ1v) is 5.43. The number of nitrogens with two attached hydrogens (primary N) is 1. The van der Waals surface area contributed by atoms with Crippen LogP contribution in [0.2, 0.25) is 0 Å². The zero-order valence-corrected chi connectivity index (χ0v) is 10.0. The molecule has 0 fully saturated rings.